The third-order valence-corrected chi connectivity index (χ3v) is 8.31. The van der Waals surface area contributed by atoms with Crippen molar-refractivity contribution in [2.75, 3.05) is 31.6 Å². The van der Waals surface area contributed by atoms with Gasteiger partial charge in [-0.3, -0.25) is 9.78 Å². The van der Waals surface area contributed by atoms with Gasteiger partial charge in [-0.2, -0.15) is 4.31 Å². The van der Waals surface area contributed by atoms with E-state index in [4.69, 9.17) is 9.47 Å². The number of nitrogens with zero attached hydrogens (tertiary/aromatic N) is 2. The molecule has 3 heterocycles. The Bertz CT molecular complexity index is 1330. The number of fused-ring (bicyclic) bond motifs is 2. The van der Waals surface area contributed by atoms with E-state index in [1.54, 1.807) is 18.3 Å². The first-order valence-corrected chi connectivity index (χ1v) is 12.9. The average molecular weight is 482 g/mol. The van der Waals surface area contributed by atoms with Crippen molar-refractivity contribution in [2.24, 2.45) is 5.92 Å². The number of ether oxygens (including phenoxy) is 2. The van der Waals surface area contributed by atoms with E-state index < -0.39 is 10.0 Å². The Morgan fingerprint density at radius 1 is 1.06 bits per heavy atom. The van der Waals surface area contributed by atoms with Crippen molar-refractivity contribution in [1.29, 1.82) is 0 Å². The van der Waals surface area contributed by atoms with E-state index in [0.29, 0.717) is 37.6 Å². The lowest BCUT2D eigenvalue weighted by molar-refractivity contribution is -0.120. The molecule has 1 amide bonds. The predicted octanol–water partition coefficient (Wildman–Crippen LogP) is 3.74. The number of benzene rings is 2. The van der Waals surface area contributed by atoms with Crippen LogP contribution in [0.2, 0.25) is 0 Å². The molecule has 9 heteroatoms. The second kappa shape index (κ2) is 9.23. The summed E-state index contributed by atoms with van der Waals surface area (Å²) in [5.41, 5.74) is 2.62. The first kappa shape index (κ1) is 22.6. The van der Waals surface area contributed by atoms with Gasteiger partial charge in [-0.05, 0) is 55.7 Å². The molecule has 1 fully saturated rings. The Morgan fingerprint density at radius 3 is 2.62 bits per heavy atom. The zero-order valence-electron chi connectivity index (χ0n) is 19.0. The average Bonchev–Trinajstić information content (AvgIpc) is 3.11. The molecule has 2 aliphatic rings. The molecule has 1 N–H and O–H groups in total. The number of piperidine rings is 1. The van der Waals surface area contributed by atoms with Crippen LogP contribution in [0.3, 0.4) is 0 Å². The van der Waals surface area contributed by atoms with Crippen LogP contribution in [0.4, 0.5) is 5.69 Å². The standard InChI is InChI=1S/C25H27N3O5S/c1-17-5-7-21(20-4-2-11-26-24(17)20)27-25(29)18-9-12-28(13-10-18)34(30,31)19-6-8-22-23(16-19)33-15-3-14-32-22/h2,4-8,11,16,18H,3,9-10,12-15H2,1H3,(H,27,29). The normalized spacial score (nSPS) is 17.3. The number of carbonyl (C=O) groups excluding carboxylic acids is 1. The molecule has 0 bridgehead atoms. The summed E-state index contributed by atoms with van der Waals surface area (Å²) >= 11 is 0. The number of aromatic nitrogens is 1. The fourth-order valence-electron chi connectivity index (χ4n) is 4.47. The van der Waals surface area contributed by atoms with Crippen LogP contribution in [0, 0.1) is 12.8 Å². The summed E-state index contributed by atoms with van der Waals surface area (Å²) < 4.78 is 39.2. The minimum atomic E-state index is -3.69. The SMILES string of the molecule is Cc1ccc(NC(=O)C2CCN(S(=O)(=O)c3ccc4c(c3)OCCCO4)CC2)c2cccnc12. The van der Waals surface area contributed by atoms with Crippen molar-refractivity contribution < 1.29 is 22.7 Å². The molecule has 1 saturated heterocycles. The lowest BCUT2D eigenvalue weighted by atomic mass is 9.97. The van der Waals surface area contributed by atoms with Crippen LogP contribution >= 0.6 is 0 Å². The number of aryl methyl sites for hydroxylation is 1. The second-order valence-corrected chi connectivity index (χ2v) is 10.6. The molecule has 178 valence electrons. The second-order valence-electron chi connectivity index (χ2n) is 8.66. The number of hydrogen-bond acceptors (Lipinski definition) is 6. The molecular weight excluding hydrogens is 454 g/mol. The van der Waals surface area contributed by atoms with Gasteiger partial charge in [0.05, 0.1) is 29.3 Å². The van der Waals surface area contributed by atoms with Gasteiger partial charge >= 0.3 is 0 Å². The van der Waals surface area contributed by atoms with E-state index in [9.17, 15) is 13.2 Å². The van der Waals surface area contributed by atoms with Crippen LogP contribution in [0.1, 0.15) is 24.8 Å². The van der Waals surface area contributed by atoms with Crippen LogP contribution in [0.15, 0.2) is 53.6 Å². The molecule has 8 nitrogen and oxygen atoms in total. The summed E-state index contributed by atoms with van der Waals surface area (Å²) in [5, 5.41) is 3.92. The number of anilines is 1. The lowest BCUT2D eigenvalue weighted by Crippen LogP contribution is -2.41. The van der Waals surface area contributed by atoms with Crippen LogP contribution < -0.4 is 14.8 Å². The molecular formula is C25H27N3O5S. The summed E-state index contributed by atoms with van der Waals surface area (Å²) in [6.07, 6.45) is 3.40. The molecule has 0 radical (unpaired) electrons. The molecule has 1 aromatic heterocycles. The van der Waals surface area contributed by atoms with E-state index in [2.05, 4.69) is 10.3 Å². The van der Waals surface area contributed by atoms with Crippen molar-refractivity contribution in [3.8, 4) is 11.5 Å². The molecule has 5 rings (SSSR count). The molecule has 34 heavy (non-hydrogen) atoms. The van der Waals surface area contributed by atoms with Gasteiger partial charge in [-0.15, -0.1) is 0 Å². The molecule has 2 aliphatic heterocycles. The number of sulfonamides is 1. The smallest absolute Gasteiger partial charge is 0.243 e. The number of amides is 1. The van der Waals surface area contributed by atoms with Gasteiger partial charge in [0, 0.05) is 43.1 Å². The van der Waals surface area contributed by atoms with Crippen LogP contribution in [-0.2, 0) is 14.8 Å². The molecule has 0 atom stereocenters. The monoisotopic (exact) mass is 481 g/mol. The third-order valence-electron chi connectivity index (χ3n) is 6.41. The molecule has 0 spiro atoms. The number of pyridine rings is 1. The van der Waals surface area contributed by atoms with E-state index in [0.717, 1.165) is 28.6 Å². The Labute approximate surface area is 198 Å². The maximum Gasteiger partial charge on any atom is 0.243 e. The highest BCUT2D eigenvalue weighted by atomic mass is 32.2. The quantitative estimate of drug-likeness (QED) is 0.610. The van der Waals surface area contributed by atoms with Crippen molar-refractivity contribution >= 4 is 32.5 Å². The van der Waals surface area contributed by atoms with E-state index in [1.165, 1.54) is 10.4 Å². The number of hydrogen-bond donors (Lipinski definition) is 1. The molecule has 2 aromatic carbocycles. The Kier molecular flexibility index (Phi) is 6.14. The van der Waals surface area contributed by atoms with Crippen LogP contribution in [-0.4, -0.2) is 49.9 Å². The summed E-state index contributed by atoms with van der Waals surface area (Å²) in [6, 6.07) is 12.4. The highest BCUT2D eigenvalue weighted by molar-refractivity contribution is 7.89. The van der Waals surface area contributed by atoms with E-state index in [-0.39, 0.29) is 29.8 Å². The molecule has 0 aliphatic carbocycles. The maximum atomic E-state index is 13.2. The van der Waals surface area contributed by atoms with Crippen molar-refractivity contribution in [3.05, 3.63) is 54.2 Å². The first-order chi connectivity index (χ1) is 16.4. The van der Waals surface area contributed by atoms with E-state index in [1.807, 2.05) is 31.2 Å². The molecule has 0 unspecified atom stereocenters. The van der Waals surface area contributed by atoms with Crippen molar-refractivity contribution in [1.82, 2.24) is 9.29 Å². The summed E-state index contributed by atoms with van der Waals surface area (Å²) in [7, 11) is -3.69. The van der Waals surface area contributed by atoms with Crippen LogP contribution in [0.5, 0.6) is 11.5 Å². The molecule has 0 saturated carbocycles. The summed E-state index contributed by atoms with van der Waals surface area (Å²) in [4.78, 5) is 17.6. The minimum Gasteiger partial charge on any atom is -0.490 e. The zero-order valence-corrected chi connectivity index (χ0v) is 19.8. The van der Waals surface area contributed by atoms with Gasteiger partial charge in [0.25, 0.3) is 0 Å². The number of carbonyl (C=O) groups is 1. The van der Waals surface area contributed by atoms with Crippen molar-refractivity contribution in [3.63, 3.8) is 0 Å². The number of rotatable bonds is 4. The maximum absolute atomic E-state index is 13.2. The van der Waals surface area contributed by atoms with Gasteiger partial charge in [-0.1, -0.05) is 6.07 Å². The van der Waals surface area contributed by atoms with E-state index >= 15 is 0 Å². The molecule has 3 aromatic rings. The summed E-state index contributed by atoms with van der Waals surface area (Å²) in [6.45, 7) is 3.59. The Morgan fingerprint density at radius 2 is 1.82 bits per heavy atom. The van der Waals surface area contributed by atoms with Gasteiger partial charge < -0.3 is 14.8 Å². The lowest BCUT2D eigenvalue weighted by Gasteiger charge is -2.30. The Balaban J connectivity index is 1.26. The first-order valence-electron chi connectivity index (χ1n) is 11.5. The zero-order chi connectivity index (χ0) is 23.7. The van der Waals surface area contributed by atoms with Gasteiger partial charge in [-0.25, -0.2) is 8.42 Å². The fourth-order valence-corrected chi connectivity index (χ4v) is 5.95. The fraction of sp³-hybridized carbons (Fsp3) is 0.360. The van der Waals surface area contributed by atoms with Gasteiger partial charge in [0.1, 0.15) is 0 Å². The topological polar surface area (TPSA) is 97.8 Å². The summed E-state index contributed by atoms with van der Waals surface area (Å²) in [5.74, 6) is 0.656. The van der Waals surface area contributed by atoms with Crippen LogP contribution in [0.25, 0.3) is 10.9 Å². The largest absolute Gasteiger partial charge is 0.490 e. The number of nitrogens with one attached hydrogen (secondary N) is 1. The van der Waals surface area contributed by atoms with Gasteiger partial charge in [0.15, 0.2) is 11.5 Å². The van der Waals surface area contributed by atoms with Gasteiger partial charge in [0.2, 0.25) is 15.9 Å². The third kappa shape index (κ3) is 4.33. The minimum absolute atomic E-state index is 0.0957. The highest BCUT2D eigenvalue weighted by Crippen LogP contribution is 2.34. The Hall–Kier alpha value is -3.17. The highest BCUT2D eigenvalue weighted by Gasteiger charge is 2.33. The van der Waals surface area contributed by atoms with Crippen molar-refractivity contribution in [2.45, 2.75) is 31.1 Å². The predicted molar refractivity (Wildman–Crippen MR) is 129 cm³/mol.